The topological polar surface area (TPSA) is 150 Å². The number of hydrogen-bond donors (Lipinski definition) is 3. The molecule has 1 saturated heterocycles. The van der Waals surface area contributed by atoms with Gasteiger partial charge in [0.15, 0.2) is 12.4 Å². The standard InChI is InChI=1S/C58H99F2NO10/c1-5-9-12-15-18-21-24-27-30-36-41-58(59,60)57(66)69-49(40-35-29-26-23-20-17-14-11-7-3)44-52(64)71-55-53(56(67-42-8-4)70-50(45-62)54(55)65)61-51(63)43-48(68-46-47-37-32-31-33-38-47)39-34-28-25-22-19-16-13-10-6-2/h8,31-33,37-38,48-50,53-56,62,65H,4-7,9-30,34-36,39-46H2,1-3H3,(H,61,63)/t48-,49-,50-,53-,54-,55-,56-/m1/s1. The predicted molar refractivity (Wildman–Crippen MR) is 279 cm³/mol. The van der Waals surface area contributed by atoms with Crippen molar-refractivity contribution < 1.29 is 57.1 Å². The van der Waals surface area contributed by atoms with E-state index in [0.29, 0.717) is 25.9 Å². The number of halogens is 2. The van der Waals surface area contributed by atoms with Crippen LogP contribution in [0.15, 0.2) is 43.0 Å². The number of esters is 2. The molecule has 0 unspecified atom stereocenters. The molecule has 71 heavy (non-hydrogen) atoms. The Hall–Kier alpha value is -2.97. The fourth-order valence-corrected chi connectivity index (χ4v) is 9.28. The number of benzene rings is 1. The van der Waals surface area contributed by atoms with Crippen molar-refractivity contribution in [2.45, 2.75) is 288 Å². The van der Waals surface area contributed by atoms with Crippen LogP contribution in [-0.4, -0.2) is 90.0 Å². The molecule has 1 fully saturated rings. The first-order valence-electron chi connectivity index (χ1n) is 28.4. The summed E-state index contributed by atoms with van der Waals surface area (Å²) < 4.78 is 60.2. The van der Waals surface area contributed by atoms with Gasteiger partial charge in [-0.25, -0.2) is 4.79 Å². The molecule has 1 aromatic carbocycles. The number of rotatable bonds is 46. The minimum atomic E-state index is -3.73. The van der Waals surface area contributed by atoms with Crippen LogP contribution in [-0.2, 0) is 44.7 Å². The molecule has 11 nitrogen and oxygen atoms in total. The van der Waals surface area contributed by atoms with Crippen LogP contribution in [0.4, 0.5) is 8.78 Å². The van der Waals surface area contributed by atoms with E-state index in [-0.39, 0.29) is 25.9 Å². The van der Waals surface area contributed by atoms with Crippen LogP contribution in [0.5, 0.6) is 0 Å². The van der Waals surface area contributed by atoms with Crippen LogP contribution in [0.2, 0.25) is 0 Å². The molecule has 1 aliphatic rings. The van der Waals surface area contributed by atoms with Gasteiger partial charge in [0.2, 0.25) is 5.91 Å². The first-order chi connectivity index (χ1) is 34.5. The van der Waals surface area contributed by atoms with Gasteiger partial charge < -0.3 is 39.2 Å². The summed E-state index contributed by atoms with van der Waals surface area (Å²) in [6, 6.07) is 8.45. The molecule has 13 heteroatoms. The Morgan fingerprint density at radius 3 is 1.68 bits per heavy atom. The minimum Gasteiger partial charge on any atom is -0.457 e. The molecule has 7 atom stereocenters. The van der Waals surface area contributed by atoms with Crippen molar-refractivity contribution in [2.24, 2.45) is 0 Å². The lowest BCUT2D eigenvalue weighted by molar-refractivity contribution is -0.271. The number of nitrogens with one attached hydrogen (secondary N) is 1. The second kappa shape index (κ2) is 41.4. The number of alkyl halides is 2. The number of unbranched alkanes of at least 4 members (excludes halogenated alkanes) is 25. The van der Waals surface area contributed by atoms with Crippen LogP contribution in [0, 0.1) is 0 Å². The quantitative estimate of drug-likeness (QED) is 0.0327. The van der Waals surface area contributed by atoms with E-state index in [9.17, 15) is 24.6 Å². The zero-order valence-corrected chi connectivity index (χ0v) is 44.6. The highest BCUT2D eigenvalue weighted by Crippen LogP contribution is 2.29. The highest BCUT2D eigenvalue weighted by Gasteiger charge is 2.49. The molecule has 0 aromatic heterocycles. The monoisotopic (exact) mass is 1010 g/mol. The van der Waals surface area contributed by atoms with Gasteiger partial charge in [-0.3, -0.25) is 9.59 Å². The highest BCUT2D eigenvalue weighted by atomic mass is 19.3. The number of carbonyl (C=O) groups is 3. The Labute approximate surface area is 428 Å². The van der Waals surface area contributed by atoms with E-state index in [4.69, 9.17) is 23.7 Å². The summed E-state index contributed by atoms with van der Waals surface area (Å²) in [6.07, 6.45) is 22.8. The van der Waals surface area contributed by atoms with Gasteiger partial charge in [-0.05, 0) is 31.2 Å². The number of carbonyl (C=O) groups excluding carboxylic acids is 3. The van der Waals surface area contributed by atoms with E-state index in [1.165, 1.54) is 89.5 Å². The highest BCUT2D eigenvalue weighted by molar-refractivity contribution is 5.78. The number of ether oxygens (including phenoxy) is 5. The van der Waals surface area contributed by atoms with Crippen LogP contribution < -0.4 is 5.32 Å². The Bertz CT molecular complexity index is 1490. The third kappa shape index (κ3) is 30.1. The van der Waals surface area contributed by atoms with Crippen molar-refractivity contribution in [3.8, 4) is 0 Å². The van der Waals surface area contributed by atoms with Crippen molar-refractivity contribution >= 4 is 17.8 Å². The molecule has 410 valence electrons. The third-order valence-corrected chi connectivity index (χ3v) is 13.6. The molecule has 2 rings (SSSR count). The largest absolute Gasteiger partial charge is 0.457 e. The van der Waals surface area contributed by atoms with Crippen LogP contribution in [0.3, 0.4) is 0 Å². The van der Waals surface area contributed by atoms with Crippen LogP contribution in [0.1, 0.15) is 238 Å². The number of amides is 1. The zero-order chi connectivity index (χ0) is 51.8. The molecule has 0 bridgehead atoms. The summed E-state index contributed by atoms with van der Waals surface area (Å²) in [7, 11) is 0. The number of hydrogen-bond acceptors (Lipinski definition) is 10. The lowest BCUT2D eigenvalue weighted by Gasteiger charge is -2.43. The van der Waals surface area contributed by atoms with E-state index in [0.717, 1.165) is 82.6 Å². The third-order valence-electron chi connectivity index (χ3n) is 13.6. The van der Waals surface area contributed by atoms with Crippen LogP contribution in [0.25, 0.3) is 0 Å². The Morgan fingerprint density at radius 2 is 1.18 bits per heavy atom. The van der Waals surface area contributed by atoms with E-state index in [1.54, 1.807) is 0 Å². The maximum absolute atomic E-state index is 15.4. The van der Waals surface area contributed by atoms with Gasteiger partial charge in [-0.1, -0.05) is 224 Å². The normalized spacial score (nSPS) is 19.0. The van der Waals surface area contributed by atoms with E-state index in [2.05, 4.69) is 32.7 Å². The van der Waals surface area contributed by atoms with Gasteiger partial charge in [0.05, 0.1) is 38.8 Å². The maximum atomic E-state index is 15.4. The van der Waals surface area contributed by atoms with Gasteiger partial charge in [0.25, 0.3) is 0 Å². The van der Waals surface area contributed by atoms with Gasteiger partial charge in [0.1, 0.15) is 24.4 Å². The van der Waals surface area contributed by atoms with Crippen molar-refractivity contribution in [1.82, 2.24) is 5.32 Å². The fraction of sp³-hybridized carbons (Fsp3) is 0.810. The fourth-order valence-electron chi connectivity index (χ4n) is 9.28. The first kappa shape index (κ1) is 64.1. The van der Waals surface area contributed by atoms with Crippen molar-refractivity contribution in [2.75, 3.05) is 13.2 Å². The van der Waals surface area contributed by atoms with E-state index < -0.39 is 86.1 Å². The zero-order valence-electron chi connectivity index (χ0n) is 44.6. The lowest BCUT2D eigenvalue weighted by atomic mass is 9.96. The molecule has 0 spiro atoms. The summed E-state index contributed by atoms with van der Waals surface area (Å²) in [6.45, 7) is 9.89. The molecule has 0 radical (unpaired) electrons. The molecule has 1 amide bonds. The average Bonchev–Trinajstić information content (AvgIpc) is 3.36. The minimum absolute atomic E-state index is 0.0303. The SMILES string of the molecule is C=CCO[C@@H]1O[C@H](CO)[C@@H](O)[C@H](OC(=O)C[C@@H](CCCCCCCCCCC)OC(=O)C(F)(F)CCCCCCCCCCCC)[C@H]1NC(=O)C[C@@H](CCCCCCCCCCC)OCc1ccccc1. The van der Waals surface area contributed by atoms with Gasteiger partial charge in [-0.15, -0.1) is 6.58 Å². The van der Waals surface area contributed by atoms with Crippen molar-refractivity contribution in [1.29, 1.82) is 0 Å². The van der Waals surface area contributed by atoms with Gasteiger partial charge in [0, 0.05) is 6.42 Å². The molecule has 3 N–H and O–H groups in total. The summed E-state index contributed by atoms with van der Waals surface area (Å²) in [5.74, 6) is -6.79. The summed E-state index contributed by atoms with van der Waals surface area (Å²) >= 11 is 0. The second-order valence-corrected chi connectivity index (χ2v) is 20.1. The van der Waals surface area contributed by atoms with Gasteiger partial charge in [-0.2, -0.15) is 8.78 Å². The number of aliphatic hydroxyl groups is 2. The molecule has 0 saturated carbocycles. The van der Waals surface area contributed by atoms with Crippen LogP contribution >= 0.6 is 0 Å². The molecule has 1 heterocycles. The van der Waals surface area contributed by atoms with Crippen molar-refractivity contribution in [3.05, 3.63) is 48.6 Å². The first-order valence-corrected chi connectivity index (χ1v) is 28.4. The summed E-state index contributed by atoms with van der Waals surface area (Å²) in [4.78, 5) is 41.1. The summed E-state index contributed by atoms with van der Waals surface area (Å²) in [5, 5.41) is 24.6. The van der Waals surface area contributed by atoms with Crippen molar-refractivity contribution in [3.63, 3.8) is 0 Å². The molecule has 1 aromatic rings. The molecule has 0 aliphatic carbocycles. The molecule has 1 aliphatic heterocycles. The second-order valence-electron chi connectivity index (χ2n) is 20.1. The average molecular weight is 1010 g/mol. The summed E-state index contributed by atoms with van der Waals surface area (Å²) in [5.41, 5.74) is 0.966. The molecular weight excluding hydrogens is 909 g/mol. The Balaban J connectivity index is 2.20. The Morgan fingerprint density at radius 1 is 0.704 bits per heavy atom. The molecular formula is C58H99F2NO10. The number of aliphatic hydroxyl groups excluding tert-OH is 2. The smallest absolute Gasteiger partial charge is 0.377 e. The lowest BCUT2D eigenvalue weighted by Crippen LogP contribution is -2.66. The maximum Gasteiger partial charge on any atom is 0.377 e. The van der Waals surface area contributed by atoms with Gasteiger partial charge >= 0.3 is 17.9 Å². The Kier molecular flexibility index (Phi) is 37.4. The predicted octanol–water partition coefficient (Wildman–Crippen LogP) is 13.7. The van der Waals surface area contributed by atoms with E-state index >= 15 is 8.78 Å². The van der Waals surface area contributed by atoms with E-state index in [1.807, 2.05) is 30.3 Å².